The summed E-state index contributed by atoms with van der Waals surface area (Å²) in [5.74, 6) is 0.589. The summed E-state index contributed by atoms with van der Waals surface area (Å²) in [4.78, 5) is 10.8. The van der Waals surface area contributed by atoms with E-state index >= 15 is 0 Å². The standard InChI is InChI=1S/C12H14N2O2/c1-10(15)14-11-5-4-6-12(9-11)16-8-3-2-7-13/h4-6,9H,2-3,8H2,1H3,(H,14,15). The summed E-state index contributed by atoms with van der Waals surface area (Å²) in [5, 5.41) is 11.0. The number of nitriles is 1. The molecular formula is C12H14N2O2. The molecule has 1 amide bonds. The number of hydrogen-bond donors (Lipinski definition) is 1. The minimum atomic E-state index is -0.110. The average Bonchev–Trinajstić information content (AvgIpc) is 2.24. The monoisotopic (exact) mass is 218 g/mol. The summed E-state index contributed by atoms with van der Waals surface area (Å²) < 4.78 is 5.43. The Morgan fingerprint density at radius 1 is 1.56 bits per heavy atom. The van der Waals surface area contributed by atoms with E-state index in [4.69, 9.17) is 10.00 Å². The highest BCUT2D eigenvalue weighted by atomic mass is 16.5. The fourth-order valence-corrected chi connectivity index (χ4v) is 1.21. The highest BCUT2D eigenvalue weighted by Crippen LogP contribution is 2.17. The van der Waals surface area contributed by atoms with Crippen LogP contribution in [0.5, 0.6) is 5.75 Å². The zero-order valence-electron chi connectivity index (χ0n) is 9.19. The second-order valence-electron chi connectivity index (χ2n) is 3.32. The molecule has 0 unspecified atom stereocenters. The van der Waals surface area contributed by atoms with Crippen molar-refractivity contribution in [1.82, 2.24) is 0 Å². The molecule has 1 N–H and O–H groups in total. The van der Waals surface area contributed by atoms with Crippen LogP contribution in [0.4, 0.5) is 5.69 Å². The van der Waals surface area contributed by atoms with Gasteiger partial charge >= 0.3 is 0 Å². The smallest absolute Gasteiger partial charge is 0.221 e. The topological polar surface area (TPSA) is 62.1 Å². The number of carbonyl (C=O) groups excluding carboxylic acids is 1. The van der Waals surface area contributed by atoms with Crippen molar-refractivity contribution in [3.05, 3.63) is 24.3 Å². The van der Waals surface area contributed by atoms with Gasteiger partial charge in [0, 0.05) is 25.1 Å². The van der Waals surface area contributed by atoms with E-state index in [0.29, 0.717) is 30.9 Å². The molecule has 0 spiro atoms. The molecule has 0 atom stereocenters. The van der Waals surface area contributed by atoms with Crippen LogP contribution in [0.1, 0.15) is 19.8 Å². The Bertz CT molecular complexity index is 396. The molecule has 0 aliphatic carbocycles. The summed E-state index contributed by atoms with van der Waals surface area (Å²) in [6, 6.07) is 9.23. The number of nitrogens with zero attached hydrogens (tertiary/aromatic N) is 1. The van der Waals surface area contributed by atoms with E-state index in [1.54, 1.807) is 12.1 Å². The molecule has 84 valence electrons. The van der Waals surface area contributed by atoms with Gasteiger partial charge in [-0.25, -0.2) is 0 Å². The number of rotatable bonds is 5. The molecule has 0 fully saturated rings. The largest absolute Gasteiger partial charge is 0.493 e. The second kappa shape index (κ2) is 6.46. The molecule has 0 radical (unpaired) electrons. The highest BCUT2D eigenvalue weighted by molar-refractivity contribution is 5.88. The summed E-state index contributed by atoms with van der Waals surface area (Å²) in [7, 11) is 0. The van der Waals surface area contributed by atoms with Crippen LogP contribution in [-0.2, 0) is 4.79 Å². The number of carbonyl (C=O) groups is 1. The van der Waals surface area contributed by atoms with Crippen LogP contribution in [-0.4, -0.2) is 12.5 Å². The first kappa shape index (κ1) is 12.1. The highest BCUT2D eigenvalue weighted by Gasteiger charge is 1.98. The predicted molar refractivity (Wildman–Crippen MR) is 61.1 cm³/mol. The van der Waals surface area contributed by atoms with Gasteiger partial charge in [-0.2, -0.15) is 5.26 Å². The first-order valence-corrected chi connectivity index (χ1v) is 5.10. The van der Waals surface area contributed by atoms with E-state index in [0.717, 1.165) is 0 Å². The van der Waals surface area contributed by atoms with E-state index in [1.165, 1.54) is 6.92 Å². The maximum Gasteiger partial charge on any atom is 0.221 e. The lowest BCUT2D eigenvalue weighted by Crippen LogP contribution is -2.05. The van der Waals surface area contributed by atoms with Crippen molar-refractivity contribution in [1.29, 1.82) is 5.26 Å². The molecule has 4 nitrogen and oxygen atoms in total. The molecule has 0 aliphatic rings. The van der Waals surface area contributed by atoms with E-state index < -0.39 is 0 Å². The molecular weight excluding hydrogens is 204 g/mol. The Morgan fingerprint density at radius 3 is 3.06 bits per heavy atom. The first-order valence-electron chi connectivity index (χ1n) is 5.10. The second-order valence-corrected chi connectivity index (χ2v) is 3.32. The number of unbranched alkanes of at least 4 members (excludes halogenated alkanes) is 1. The van der Waals surface area contributed by atoms with Gasteiger partial charge in [0.05, 0.1) is 12.7 Å². The van der Waals surface area contributed by atoms with Gasteiger partial charge in [-0.1, -0.05) is 6.07 Å². The van der Waals surface area contributed by atoms with Gasteiger partial charge in [-0.3, -0.25) is 4.79 Å². The van der Waals surface area contributed by atoms with Crippen molar-refractivity contribution >= 4 is 11.6 Å². The lowest BCUT2D eigenvalue weighted by Gasteiger charge is -2.07. The fraction of sp³-hybridized carbons (Fsp3) is 0.333. The molecule has 1 aromatic carbocycles. The molecule has 0 bridgehead atoms. The molecule has 4 heteroatoms. The van der Waals surface area contributed by atoms with Crippen LogP contribution in [0.2, 0.25) is 0 Å². The zero-order valence-corrected chi connectivity index (χ0v) is 9.19. The van der Waals surface area contributed by atoms with E-state index in [-0.39, 0.29) is 5.91 Å². The number of hydrogen-bond acceptors (Lipinski definition) is 3. The Hall–Kier alpha value is -2.02. The normalized spacial score (nSPS) is 9.25. The van der Waals surface area contributed by atoms with Crippen molar-refractivity contribution in [3.63, 3.8) is 0 Å². The molecule has 0 saturated heterocycles. The minimum absolute atomic E-state index is 0.110. The Balaban J connectivity index is 2.47. The SMILES string of the molecule is CC(=O)Nc1cccc(OCCCC#N)c1. The maximum atomic E-state index is 10.8. The number of nitrogens with one attached hydrogen (secondary N) is 1. The third-order valence-corrected chi connectivity index (χ3v) is 1.86. The summed E-state index contributed by atoms with van der Waals surface area (Å²) in [6.45, 7) is 1.97. The number of ether oxygens (including phenoxy) is 1. The number of benzene rings is 1. The van der Waals surface area contributed by atoms with Crippen LogP contribution < -0.4 is 10.1 Å². The summed E-state index contributed by atoms with van der Waals surface area (Å²) in [6.07, 6.45) is 1.20. The van der Waals surface area contributed by atoms with Crippen LogP contribution in [0.25, 0.3) is 0 Å². The number of anilines is 1. The Kier molecular flexibility index (Phi) is 4.87. The molecule has 0 aliphatic heterocycles. The van der Waals surface area contributed by atoms with Gasteiger partial charge in [0.15, 0.2) is 0 Å². The van der Waals surface area contributed by atoms with Crippen molar-refractivity contribution < 1.29 is 9.53 Å². The number of amides is 1. The van der Waals surface area contributed by atoms with E-state index in [9.17, 15) is 4.79 Å². The first-order chi connectivity index (χ1) is 7.72. The third-order valence-electron chi connectivity index (χ3n) is 1.86. The van der Waals surface area contributed by atoms with Gasteiger partial charge in [0.25, 0.3) is 0 Å². The lowest BCUT2D eigenvalue weighted by molar-refractivity contribution is -0.114. The summed E-state index contributed by atoms with van der Waals surface area (Å²) in [5.41, 5.74) is 0.713. The van der Waals surface area contributed by atoms with Crippen LogP contribution >= 0.6 is 0 Å². The van der Waals surface area contributed by atoms with Gasteiger partial charge in [0.1, 0.15) is 5.75 Å². The maximum absolute atomic E-state index is 10.8. The molecule has 1 rings (SSSR count). The van der Waals surface area contributed by atoms with Gasteiger partial charge in [-0.15, -0.1) is 0 Å². The van der Waals surface area contributed by atoms with Crippen molar-refractivity contribution in [2.24, 2.45) is 0 Å². The van der Waals surface area contributed by atoms with Crippen molar-refractivity contribution in [2.45, 2.75) is 19.8 Å². The molecule has 0 heterocycles. The zero-order chi connectivity index (χ0) is 11.8. The van der Waals surface area contributed by atoms with E-state index in [1.807, 2.05) is 12.1 Å². The minimum Gasteiger partial charge on any atom is -0.493 e. The predicted octanol–water partition coefficient (Wildman–Crippen LogP) is 2.33. The van der Waals surface area contributed by atoms with Gasteiger partial charge in [-0.05, 0) is 18.6 Å². The van der Waals surface area contributed by atoms with Crippen LogP contribution in [0, 0.1) is 11.3 Å². The van der Waals surface area contributed by atoms with Gasteiger partial charge in [0.2, 0.25) is 5.91 Å². The van der Waals surface area contributed by atoms with Crippen LogP contribution in [0.3, 0.4) is 0 Å². The molecule has 16 heavy (non-hydrogen) atoms. The average molecular weight is 218 g/mol. The van der Waals surface area contributed by atoms with E-state index in [2.05, 4.69) is 11.4 Å². The summed E-state index contributed by atoms with van der Waals surface area (Å²) >= 11 is 0. The Labute approximate surface area is 94.8 Å². The Morgan fingerprint density at radius 2 is 2.38 bits per heavy atom. The third kappa shape index (κ3) is 4.47. The van der Waals surface area contributed by atoms with Crippen molar-refractivity contribution in [2.75, 3.05) is 11.9 Å². The lowest BCUT2D eigenvalue weighted by atomic mass is 10.3. The molecule has 1 aromatic rings. The fourth-order valence-electron chi connectivity index (χ4n) is 1.21. The molecule has 0 saturated carbocycles. The quantitative estimate of drug-likeness (QED) is 0.771. The molecule has 0 aromatic heterocycles. The van der Waals surface area contributed by atoms with Gasteiger partial charge < -0.3 is 10.1 Å². The van der Waals surface area contributed by atoms with Crippen LogP contribution in [0.15, 0.2) is 24.3 Å². The van der Waals surface area contributed by atoms with Crippen molar-refractivity contribution in [3.8, 4) is 11.8 Å².